The summed E-state index contributed by atoms with van der Waals surface area (Å²) in [5, 5.41) is 9.90. The van der Waals surface area contributed by atoms with Gasteiger partial charge in [0.05, 0.1) is 25.2 Å². The number of aromatic nitrogens is 2. The van der Waals surface area contributed by atoms with Gasteiger partial charge in [0, 0.05) is 19.7 Å². The Morgan fingerprint density at radius 2 is 2.00 bits per heavy atom. The Morgan fingerprint density at radius 3 is 2.66 bits per heavy atom. The molecule has 0 radical (unpaired) electrons. The molecule has 0 aliphatic carbocycles. The molecule has 1 atom stereocenters. The van der Waals surface area contributed by atoms with Crippen molar-refractivity contribution in [3.63, 3.8) is 0 Å². The van der Waals surface area contributed by atoms with Crippen molar-refractivity contribution in [3.8, 4) is 17.7 Å². The molecule has 29 heavy (non-hydrogen) atoms. The van der Waals surface area contributed by atoms with E-state index in [1.165, 1.54) is 25.8 Å². The molecule has 3 rings (SSSR count). The van der Waals surface area contributed by atoms with Crippen LogP contribution in [0.1, 0.15) is 24.0 Å². The number of aliphatic imine (C=N–C) groups is 1. The van der Waals surface area contributed by atoms with E-state index in [0.717, 1.165) is 11.0 Å². The lowest BCUT2D eigenvalue weighted by molar-refractivity contribution is 0.325. The van der Waals surface area contributed by atoms with Crippen LogP contribution in [0.4, 0.5) is 0 Å². The molecule has 1 aliphatic heterocycles. The van der Waals surface area contributed by atoms with Crippen molar-refractivity contribution in [2.75, 3.05) is 13.7 Å². The van der Waals surface area contributed by atoms with Crippen molar-refractivity contribution in [2.45, 2.75) is 12.8 Å². The minimum Gasteiger partial charge on any atom is -0.496 e. The molecular weight excluding hydrogens is 376 g/mol. The Hall–Kier alpha value is -3.80. The van der Waals surface area contributed by atoms with Crippen LogP contribution < -0.4 is 20.7 Å². The Labute approximate surface area is 166 Å². The van der Waals surface area contributed by atoms with Gasteiger partial charge in [0.2, 0.25) is 11.8 Å². The SMILES string of the molecule is CCO/C=N/C1=C(C#N)C(c2ccccc2OC)c2c(n(C)c(=O)n(C)c2=O)O1. The fourth-order valence-electron chi connectivity index (χ4n) is 3.22. The lowest BCUT2D eigenvalue weighted by atomic mass is 9.84. The van der Waals surface area contributed by atoms with Crippen LogP contribution in [0.15, 0.2) is 50.3 Å². The van der Waals surface area contributed by atoms with Crippen molar-refractivity contribution >= 4 is 6.40 Å². The third-order valence-corrected chi connectivity index (χ3v) is 4.63. The Bertz CT molecular complexity index is 1170. The first-order valence-corrected chi connectivity index (χ1v) is 8.85. The normalized spacial score (nSPS) is 15.6. The quantitative estimate of drug-likeness (QED) is 0.559. The van der Waals surface area contributed by atoms with Crippen LogP contribution in [0.5, 0.6) is 11.6 Å². The van der Waals surface area contributed by atoms with Crippen LogP contribution >= 0.6 is 0 Å². The van der Waals surface area contributed by atoms with Gasteiger partial charge >= 0.3 is 5.69 Å². The first-order valence-electron chi connectivity index (χ1n) is 8.85. The molecule has 0 fully saturated rings. The van der Waals surface area contributed by atoms with Gasteiger partial charge in [-0.25, -0.2) is 4.79 Å². The molecule has 9 nitrogen and oxygen atoms in total. The largest absolute Gasteiger partial charge is 0.496 e. The summed E-state index contributed by atoms with van der Waals surface area (Å²) in [4.78, 5) is 29.6. The molecule has 0 N–H and O–H groups in total. The molecule has 0 bridgehead atoms. The third-order valence-electron chi connectivity index (χ3n) is 4.63. The second-order valence-electron chi connectivity index (χ2n) is 6.22. The van der Waals surface area contributed by atoms with E-state index in [0.29, 0.717) is 17.9 Å². The number of ether oxygens (including phenoxy) is 3. The number of nitrogens with zero attached hydrogens (tertiary/aromatic N) is 4. The van der Waals surface area contributed by atoms with E-state index in [9.17, 15) is 14.9 Å². The molecule has 0 amide bonds. The molecular formula is C20H20N4O5. The average molecular weight is 396 g/mol. The van der Waals surface area contributed by atoms with E-state index >= 15 is 0 Å². The Balaban J connectivity index is 2.41. The van der Waals surface area contributed by atoms with Crippen LogP contribution in [-0.2, 0) is 18.8 Å². The lowest BCUT2D eigenvalue weighted by Gasteiger charge is -2.27. The smallest absolute Gasteiger partial charge is 0.333 e. The van der Waals surface area contributed by atoms with Gasteiger partial charge < -0.3 is 14.2 Å². The predicted molar refractivity (Wildman–Crippen MR) is 105 cm³/mol. The number of fused-ring (bicyclic) bond motifs is 1. The molecule has 1 aromatic heterocycles. The number of allylic oxidation sites excluding steroid dienone is 1. The highest BCUT2D eigenvalue weighted by molar-refractivity contribution is 5.58. The van der Waals surface area contributed by atoms with Gasteiger partial charge in [-0.05, 0) is 13.0 Å². The van der Waals surface area contributed by atoms with Crippen LogP contribution in [0.2, 0.25) is 0 Å². The van der Waals surface area contributed by atoms with Crippen molar-refractivity contribution in [3.05, 3.63) is 67.7 Å². The van der Waals surface area contributed by atoms with Crippen molar-refractivity contribution in [2.24, 2.45) is 19.1 Å². The topological polar surface area (TPSA) is 108 Å². The molecule has 1 aromatic carbocycles. The van der Waals surface area contributed by atoms with Crippen molar-refractivity contribution in [1.29, 1.82) is 5.26 Å². The third kappa shape index (κ3) is 3.29. The summed E-state index contributed by atoms with van der Waals surface area (Å²) in [5.41, 5.74) is -0.267. The number of hydrogen-bond donors (Lipinski definition) is 0. The molecule has 0 saturated heterocycles. The van der Waals surface area contributed by atoms with E-state index in [1.54, 1.807) is 31.2 Å². The maximum atomic E-state index is 13.0. The summed E-state index contributed by atoms with van der Waals surface area (Å²) in [6.45, 7) is 2.16. The number of rotatable bonds is 5. The lowest BCUT2D eigenvalue weighted by Crippen LogP contribution is -2.42. The number of para-hydroxylation sites is 1. The van der Waals surface area contributed by atoms with Gasteiger partial charge in [-0.3, -0.25) is 13.9 Å². The highest BCUT2D eigenvalue weighted by Gasteiger charge is 2.38. The number of hydrogen-bond acceptors (Lipinski definition) is 7. The van der Waals surface area contributed by atoms with Crippen LogP contribution in [-0.4, -0.2) is 29.3 Å². The van der Waals surface area contributed by atoms with E-state index in [1.807, 2.05) is 0 Å². The van der Waals surface area contributed by atoms with Gasteiger partial charge in [-0.1, -0.05) is 18.2 Å². The first kappa shape index (κ1) is 19.9. The molecule has 2 aromatic rings. The molecule has 9 heteroatoms. The Morgan fingerprint density at radius 1 is 1.28 bits per heavy atom. The fraction of sp³-hybridized carbons (Fsp3) is 0.300. The summed E-state index contributed by atoms with van der Waals surface area (Å²) in [6.07, 6.45) is 1.16. The van der Waals surface area contributed by atoms with Crippen LogP contribution in [0.25, 0.3) is 0 Å². The van der Waals surface area contributed by atoms with Crippen molar-refractivity contribution in [1.82, 2.24) is 9.13 Å². The van der Waals surface area contributed by atoms with Gasteiger partial charge in [-0.15, -0.1) is 0 Å². The molecule has 0 spiro atoms. The van der Waals surface area contributed by atoms with Crippen molar-refractivity contribution < 1.29 is 14.2 Å². The summed E-state index contributed by atoms with van der Waals surface area (Å²) < 4.78 is 18.5. The van der Waals surface area contributed by atoms with Gasteiger partial charge in [0.15, 0.2) is 6.40 Å². The van der Waals surface area contributed by atoms with Gasteiger partial charge in [-0.2, -0.15) is 10.3 Å². The van der Waals surface area contributed by atoms with E-state index < -0.39 is 17.2 Å². The zero-order valence-electron chi connectivity index (χ0n) is 16.5. The second kappa shape index (κ2) is 8.06. The van der Waals surface area contributed by atoms with Crippen LogP contribution in [0, 0.1) is 11.3 Å². The average Bonchev–Trinajstić information content (AvgIpc) is 2.75. The van der Waals surface area contributed by atoms with E-state index in [2.05, 4.69) is 11.1 Å². The Kier molecular flexibility index (Phi) is 5.54. The maximum Gasteiger partial charge on any atom is 0.333 e. The van der Waals surface area contributed by atoms with Gasteiger partial charge in [0.1, 0.15) is 17.4 Å². The summed E-state index contributed by atoms with van der Waals surface area (Å²) in [6, 6.07) is 9.14. The zero-order chi connectivity index (χ0) is 21.1. The van der Waals surface area contributed by atoms with E-state index in [4.69, 9.17) is 14.2 Å². The second-order valence-corrected chi connectivity index (χ2v) is 6.22. The summed E-state index contributed by atoms with van der Waals surface area (Å²) >= 11 is 0. The molecule has 1 unspecified atom stereocenters. The fourth-order valence-corrected chi connectivity index (χ4v) is 3.22. The standard InChI is InChI=1S/C20H20N4O5/c1-5-28-11-22-17-13(10-21)15(12-8-6-7-9-14(12)27-4)16-18(25)23(2)20(26)24(3)19(16)29-17/h6-9,11,15H,5H2,1-4H3/b22-11+. The predicted octanol–water partition coefficient (Wildman–Crippen LogP) is 1.42. The monoisotopic (exact) mass is 396 g/mol. The molecule has 0 saturated carbocycles. The molecule has 150 valence electrons. The highest BCUT2D eigenvalue weighted by atomic mass is 16.5. The minimum atomic E-state index is -0.834. The number of methoxy groups -OCH3 is 1. The number of benzene rings is 1. The summed E-state index contributed by atoms with van der Waals surface area (Å²) in [5.74, 6) is -0.370. The molecule has 1 aliphatic rings. The van der Waals surface area contributed by atoms with E-state index in [-0.39, 0.29) is 22.9 Å². The number of nitriles is 1. The molecule has 2 heterocycles. The zero-order valence-corrected chi connectivity index (χ0v) is 16.5. The maximum absolute atomic E-state index is 13.0. The van der Waals surface area contributed by atoms with Gasteiger partial charge in [0.25, 0.3) is 5.56 Å². The highest BCUT2D eigenvalue weighted by Crippen LogP contribution is 2.43. The summed E-state index contributed by atoms with van der Waals surface area (Å²) in [7, 11) is 4.37. The first-order chi connectivity index (χ1) is 14.0. The minimum absolute atomic E-state index is 0.0247. The van der Waals surface area contributed by atoms with Crippen LogP contribution in [0.3, 0.4) is 0 Å².